The van der Waals surface area contributed by atoms with Gasteiger partial charge in [-0.05, 0) is 0 Å². The maximum atomic E-state index is 6.47. The van der Waals surface area contributed by atoms with Crippen molar-refractivity contribution in [3.8, 4) is 0 Å². The molecule has 224 valence electrons. The van der Waals surface area contributed by atoms with Gasteiger partial charge in [0.2, 0.25) is 0 Å². The third-order valence-corrected chi connectivity index (χ3v) is 22.7. The van der Waals surface area contributed by atoms with Gasteiger partial charge in [0.05, 0.1) is 22.9 Å². The van der Waals surface area contributed by atoms with Crippen molar-refractivity contribution < 1.29 is 56.8 Å². The zero-order valence-electron chi connectivity index (χ0n) is 25.7. The first-order chi connectivity index (χ1) is 17.4. The van der Waals surface area contributed by atoms with Crippen LogP contribution in [0, 0.1) is 0 Å². The van der Waals surface area contributed by atoms with Gasteiger partial charge in [0.1, 0.15) is 0 Å². The molecule has 0 spiro atoms. The number of hydrogen-bond donors (Lipinski definition) is 0. The molecule has 0 bridgehead atoms. The van der Waals surface area contributed by atoms with E-state index in [1.807, 2.05) is 0 Å². The largest absolute Gasteiger partial charge is 0.381 e. The normalized spacial score (nSPS) is 19.1. The second-order valence-corrected chi connectivity index (χ2v) is 17.0. The summed E-state index contributed by atoms with van der Waals surface area (Å²) in [7, 11) is 16.1. The summed E-state index contributed by atoms with van der Waals surface area (Å²) < 4.78 is 75.8. The van der Waals surface area contributed by atoms with Crippen LogP contribution in [0.2, 0.25) is 0 Å². The summed E-state index contributed by atoms with van der Waals surface area (Å²) in [6.45, 7) is 0. The second kappa shape index (κ2) is 15.6. The smallest absolute Gasteiger partial charge is 0.335 e. The molecule has 12 nitrogen and oxygen atoms in total. The van der Waals surface area contributed by atoms with Crippen molar-refractivity contribution in [2.24, 2.45) is 0 Å². The first kappa shape index (κ1) is 37.6. The topological polar surface area (TPSA) is 111 Å². The zero-order chi connectivity index (χ0) is 29.3. The molecule has 0 fully saturated rings. The molecule has 4 atom stereocenters. The van der Waals surface area contributed by atoms with Crippen molar-refractivity contribution >= 4 is 49.0 Å². The molecule has 0 aliphatic carbocycles. The van der Waals surface area contributed by atoms with Crippen molar-refractivity contribution in [3.63, 3.8) is 0 Å². The molecule has 0 aromatic carbocycles. The molecular weight excluding hydrogens is 573 g/mol. The van der Waals surface area contributed by atoms with E-state index in [2.05, 4.69) is 0 Å². The highest BCUT2D eigenvalue weighted by Crippen LogP contribution is 2.57. The average Bonchev–Trinajstić information content (AvgIpc) is 2.95. The molecule has 4 unspecified atom stereocenters. The minimum Gasteiger partial charge on any atom is -0.381 e. The monoisotopic (exact) mass is 624 g/mol. The standard InChI is InChI=1S/C20H52O12Si5/c1-21-13(33)17(25-5,26-6)37(18(27-7,28-8)14(34)22-2,19(29-9,30-10)15(35)23-3)20(31-11,32-12)16(36)24-4/h13-16H,1-12,33-36H3. The summed E-state index contributed by atoms with van der Waals surface area (Å²) in [5.74, 6) is 0. The van der Waals surface area contributed by atoms with Gasteiger partial charge in [-0.3, -0.25) is 0 Å². The van der Waals surface area contributed by atoms with Gasteiger partial charge < -0.3 is 56.8 Å². The fourth-order valence-electron chi connectivity index (χ4n) is 6.18. The van der Waals surface area contributed by atoms with Crippen LogP contribution in [-0.2, 0) is 56.8 Å². The summed E-state index contributed by atoms with van der Waals surface area (Å²) in [5, 5.41) is 0. The molecule has 0 radical (unpaired) electrons. The van der Waals surface area contributed by atoms with Crippen LogP contribution in [0.15, 0.2) is 0 Å². The van der Waals surface area contributed by atoms with Gasteiger partial charge in [0.15, 0.2) is 21.6 Å². The van der Waals surface area contributed by atoms with Crippen LogP contribution in [-0.4, -0.2) is 179 Å². The van der Waals surface area contributed by atoms with Crippen molar-refractivity contribution in [2.75, 3.05) is 85.3 Å². The van der Waals surface area contributed by atoms with E-state index in [4.69, 9.17) is 56.8 Å². The van der Waals surface area contributed by atoms with Gasteiger partial charge in [-0.15, -0.1) is 0 Å². The highest BCUT2D eigenvalue weighted by Gasteiger charge is 2.92. The summed E-state index contributed by atoms with van der Waals surface area (Å²) in [6.07, 6.45) is 0. The lowest BCUT2D eigenvalue weighted by Gasteiger charge is -2.68. The number of methoxy groups -OCH3 is 12. The van der Waals surface area contributed by atoms with Crippen LogP contribution in [0.5, 0.6) is 0 Å². The Morgan fingerprint density at radius 1 is 0.351 bits per heavy atom. The Hall–Kier alpha value is 0.604. The molecule has 0 aliphatic heterocycles. The first-order valence-electron chi connectivity index (χ1n) is 11.9. The molecular formula is C20H52O12Si5. The van der Waals surface area contributed by atoms with E-state index in [1.165, 1.54) is 56.9 Å². The average molecular weight is 625 g/mol. The van der Waals surface area contributed by atoms with Gasteiger partial charge in [-0.2, -0.15) is 0 Å². The minimum absolute atomic E-state index is 0.446. The molecule has 0 aliphatic rings. The lowest BCUT2D eigenvalue weighted by atomic mass is 10.5. The summed E-state index contributed by atoms with van der Waals surface area (Å²) in [6, 6.07) is 0. The Kier molecular flexibility index (Phi) is 15.8. The van der Waals surface area contributed by atoms with Crippen LogP contribution >= 0.6 is 0 Å². The molecule has 0 N–H and O–H groups in total. The van der Waals surface area contributed by atoms with Crippen LogP contribution in [0.4, 0.5) is 0 Å². The number of rotatable bonds is 20. The van der Waals surface area contributed by atoms with E-state index in [-0.39, 0.29) is 0 Å². The molecule has 0 aromatic rings. The van der Waals surface area contributed by atoms with Crippen LogP contribution in [0.25, 0.3) is 0 Å². The van der Waals surface area contributed by atoms with E-state index in [9.17, 15) is 0 Å². The Morgan fingerprint density at radius 2 is 0.486 bits per heavy atom. The molecule has 37 heavy (non-hydrogen) atoms. The third-order valence-electron chi connectivity index (χ3n) is 8.07. The first-order valence-corrected chi connectivity index (χ1v) is 18.6. The van der Waals surface area contributed by atoms with Gasteiger partial charge >= 0.3 is 8.07 Å². The Morgan fingerprint density at radius 3 is 0.568 bits per heavy atom. The lowest BCUT2D eigenvalue weighted by Crippen LogP contribution is -3.00. The number of ether oxygens (including phenoxy) is 12. The van der Waals surface area contributed by atoms with Crippen LogP contribution < -0.4 is 0 Å². The van der Waals surface area contributed by atoms with Crippen molar-refractivity contribution in [1.29, 1.82) is 0 Å². The molecule has 0 saturated heterocycles. The van der Waals surface area contributed by atoms with E-state index < -0.39 is 52.6 Å². The van der Waals surface area contributed by atoms with Crippen LogP contribution in [0.1, 0.15) is 0 Å². The van der Waals surface area contributed by atoms with E-state index in [1.54, 1.807) is 28.4 Å². The molecule has 0 aromatic heterocycles. The van der Waals surface area contributed by atoms with Gasteiger partial charge in [0, 0.05) is 126 Å². The molecule has 0 rings (SSSR count). The van der Waals surface area contributed by atoms with E-state index in [0.717, 1.165) is 0 Å². The summed E-state index contributed by atoms with van der Waals surface area (Å²) >= 11 is 0. The van der Waals surface area contributed by atoms with Crippen molar-refractivity contribution in [3.05, 3.63) is 0 Å². The summed E-state index contributed by atoms with van der Waals surface area (Å²) in [5.41, 5.74) is -9.07. The predicted octanol–water partition coefficient (Wildman–Crippen LogP) is -5.10. The predicted molar refractivity (Wildman–Crippen MR) is 156 cm³/mol. The van der Waals surface area contributed by atoms with Gasteiger partial charge in [-0.1, -0.05) is 0 Å². The van der Waals surface area contributed by atoms with Crippen molar-refractivity contribution in [1.82, 2.24) is 0 Å². The van der Waals surface area contributed by atoms with Gasteiger partial charge in [-0.25, -0.2) is 0 Å². The fraction of sp³-hybridized carbons (Fsp3) is 1.00. The van der Waals surface area contributed by atoms with Gasteiger partial charge in [0.25, 0.3) is 0 Å². The Balaban J connectivity index is 9.26. The maximum Gasteiger partial charge on any atom is 0.335 e. The lowest BCUT2D eigenvalue weighted by molar-refractivity contribution is -0.310. The quantitative estimate of drug-likeness (QED) is 0.0955. The number of hydrogen-bond acceptors (Lipinski definition) is 12. The Labute approximate surface area is 235 Å². The molecule has 0 saturated carbocycles. The fourth-order valence-corrected chi connectivity index (χ4v) is 21.5. The zero-order valence-corrected chi connectivity index (χ0v) is 34.7. The minimum atomic E-state index is -4.39. The highest BCUT2D eigenvalue weighted by molar-refractivity contribution is 6.91. The highest BCUT2D eigenvalue weighted by atomic mass is 28.3. The second-order valence-electron chi connectivity index (χ2n) is 8.56. The van der Waals surface area contributed by atoms with Crippen LogP contribution in [0.3, 0.4) is 0 Å². The summed E-state index contributed by atoms with van der Waals surface area (Å²) in [4.78, 5) is 0. The molecule has 17 heteroatoms. The maximum absolute atomic E-state index is 6.47. The SMILES string of the molecule is COC([SiH3])C(OC)(OC)[Si](C(OC)(OC)C([SiH3])OC)(C(OC)(OC)C([SiH3])OC)C(OC)(OC)C([SiH3])OC. The van der Waals surface area contributed by atoms with E-state index in [0.29, 0.717) is 41.0 Å². The molecule has 0 heterocycles. The third kappa shape index (κ3) is 5.11. The van der Waals surface area contributed by atoms with Crippen molar-refractivity contribution in [2.45, 2.75) is 44.6 Å². The van der Waals surface area contributed by atoms with E-state index >= 15 is 0 Å². The molecule has 0 amide bonds. The Bertz CT molecular complexity index is 538.